The molecule has 3 nitrogen and oxygen atoms in total. The second-order valence-corrected chi connectivity index (χ2v) is 6.40. The molecule has 0 atom stereocenters. The van der Waals surface area contributed by atoms with E-state index in [9.17, 15) is 0 Å². The summed E-state index contributed by atoms with van der Waals surface area (Å²) < 4.78 is 5.05. The van der Waals surface area contributed by atoms with Crippen LogP contribution in [0, 0.1) is 5.41 Å². The smallest absolute Gasteiger partial charge is 0.0899 e. The predicted octanol–water partition coefficient (Wildman–Crippen LogP) is 3.73. The fourth-order valence-electron chi connectivity index (χ4n) is 2.34. The average Bonchev–Trinajstić information content (AvgIpc) is 2.29. The molecular weight excluding hydrogens is 224 g/mol. The van der Waals surface area contributed by atoms with E-state index in [1.54, 1.807) is 7.11 Å². The Kier molecular flexibility index (Phi) is 4.85. The molecule has 1 aromatic heterocycles. The van der Waals surface area contributed by atoms with Crippen LogP contribution in [0.15, 0.2) is 12.4 Å². The van der Waals surface area contributed by atoms with E-state index in [-0.39, 0.29) is 5.41 Å². The van der Waals surface area contributed by atoms with E-state index in [0.29, 0.717) is 12.0 Å². The summed E-state index contributed by atoms with van der Waals surface area (Å²) >= 11 is 0. The van der Waals surface area contributed by atoms with E-state index in [1.165, 1.54) is 6.42 Å². The van der Waals surface area contributed by atoms with E-state index in [4.69, 9.17) is 4.74 Å². The maximum atomic E-state index is 5.05. The highest BCUT2D eigenvalue weighted by Crippen LogP contribution is 2.37. The van der Waals surface area contributed by atoms with Crippen LogP contribution in [0.5, 0.6) is 0 Å². The fraction of sp³-hybridized carbons (Fsp3) is 0.733. The SMILES string of the molecule is CCC(C)(C)CC(C)(C)c1cnc(COC)cn1. The van der Waals surface area contributed by atoms with Crippen molar-refractivity contribution < 1.29 is 4.74 Å². The molecule has 0 aromatic carbocycles. The molecule has 0 aliphatic heterocycles. The summed E-state index contributed by atoms with van der Waals surface area (Å²) in [7, 11) is 1.67. The zero-order valence-electron chi connectivity index (χ0n) is 12.6. The summed E-state index contributed by atoms with van der Waals surface area (Å²) in [6.07, 6.45) is 5.99. The first kappa shape index (κ1) is 15.1. The monoisotopic (exact) mass is 250 g/mol. The lowest BCUT2D eigenvalue weighted by Crippen LogP contribution is -2.27. The molecule has 0 saturated carbocycles. The summed E-state index contributed by atoms with van der Waals surface area (Å²) in [6.45, 7) is 11.9. The highest BCUT2D eigenvalue weighted by atomic mass is 16.5. The first-order valence-electron chi connectivity index (χ1n) is 6.61. The van der Waals surface area contributed by atoms with Crippen molar-refractivity contribution in [2.75, 3.05) is 7.11 Å². The third-order valence-corrected chi connectivity index (χ3v) is 3.57. The van der Waals surface area contributed by atoms with Gasteiger partial charge in [0.25, 0.3) is 0 Å². The first-order valence-corrected chi connectivity index (χ1v) is 6.61. The Labute approximate surface area is 111 Å². The zero-order valence-corrected chi connectivity index (χ0v) is 12.6. The molecule has 0 radical (unpaired) electrons. The molecule has 0 saturated heterocycles. The molecule has 1 rings (SSSR count). The normalized spacial score (nSPS) is 12.8. The van der Waals surface area contributed by atoms with Gasteiger partial charge in [-0.25, -0.2) is 0 Å². The lowest BCUT2D eigenvalue weighted by molar-refractivity contribution is 0.181. The Morgan fingerprint density at radius 1 is 1.11 bits per heavy atom. The predicted molar refractivity (Wildman–Crippen MR) is 74.5 cm³/mol. The number of nitrogens with zero attached hydrogens (tertiary/aromatic N) is 2. The largest absolute Gasteiger partial charge is 0.378 e. The van der Waals surface area contributed by atoms with Gasteiger partial charge in [0.15, 0.2) is 0 Å². The maximum Gasteiger partial charge on any atom is 0.0899 e. The molecule has 0 amide bonds. The Hall–Kier alpha value is -0.960. The van der Waals surface area contributed by atoms with Gasteiger partial charge < -0.3 is 4.74 Å². The zero-order chi connectivity index (χ0) is 13.8. The number of ether oxygens (including phenoxy) is 1. The number of hydrogen-bond donors (Lipinski definition) is 0. The Morgan fingerprint density at radius 2 is 1.78 bits per heavy atom. The summed E-state index contributed by atoms with van der Waals surface area (Å²) in [5.41, 5.74) is 2.32. The van der Waals surface area contributed by atoms with Gasteiger partial charge in [-0.2, -0.15) is 0 Å². The van der Waals surface area contributed by atoms with Crippen LogP contribution in [-0.4, -0.2) is 17.1 Å². The van der Waals surface area contributed by atoms with Crippen LogP contribution in [0.1, 0.15) is 58.8 Å². The molecule has 1 aromatic rings. The number of methoxy groups -OCH3 is 1. The molecule has 0 spiro atoms. The minimum absolute atomic E-state index is 0.0537. The van der Waals surface area contributed by atoms with Crippen molar-refractivity contribution in [3.63, 3.8) is 0 Å². The molecule has 1 heterocycles. The van der Waals surface area contributed by atoms with Crippen LogP contribution >= 0.6 is 0 Å². The van der Waals surface area contributed by atoms with E-state index in [2.05, 4.69) is 44.6 Å². The molecule has 0 N–H and O–H groups in total. The summed E-state index contributed by atoms with van der Waals surface area (Å²) in [4.78, 5) is 8.95. The number of aromatic nitrogens is 2. The van der Waals surface area contributed by atoms with E-state index in [1.807, 2.05) is 12.4 Å². The van der Waals surface area contributed by atoms with Crippen molar-refractivity contribution >= 4 is 0 Å². The van der Waals surface area contributed by atoms with E-state index >= 15 is 0 Å². The fourth-order valence-corrected chi connectivity index (χ4v) is 2.34. The van der Waals surface area contributed by atoms with Crippen LogP contribution in [-0.2, 0) is 16.8 Å². The van der Waals surface area contributed by atoms with Crippen LogP contribution in [0.4, 0.5) is 0 Å². The van der Waals surface area contributed by atoms with Crippen LogP contribution in [0.2, 0.25) is 0 Å². The molecule has 18 heavy (non-hydrogen) atoms. The van der Waals surface area contributed by atoms with Gasteiger partial charge in [0.05, 0.1) is 24.2 Å². The van der Waals surface area contributed by atoms with Crippen molar-refractivity contribution in [3.8, 4) is 0 Å². The molecule has 3 heteroatoms. The van der Waals surface area contributed by atoms with Gasteiger partial charge in [-0.1, -0.05) is 41.0 Å². The van der Waals surface area contributed by atoms with Crippen LogP contribution in [0.25, 0.3) is 0 Å². The highest BCUT2D eigenvalue weighted by molar-refractivity contribution is 5.13. The topological polar surface area (TPSA) is 35.0 Å². The van der Waals surface area contributed by atoms with Gasteiger partial charge in [-0.15, -0.1) is 0 Å². The standard InChI is InChI=1S/C15H26N2O/c1-7-14(2,3)11-15(4,5)13-9-16-12(8-17-13)10-18-6/h8-9H,7,10-11H2,1-6H3. The second-order valence-electron chi connectivity index (χ2n) is 6.40. The summed E-state index contributed by atoms with van der Waals surface area (Å²) in [5, 5.41) is 0. The Morgan fingerprint density at radius 3 is 2.22 bits per heavy atom. The minimum Gasteiger partial charge on any atom is -0.378 e. The molecule has 0 fully saturated rings. The molecular formula is C15H26N2O. The third-order valence-electron chi connectivity index (χ3n) is 3.57. The van der Waals surface area contributed by atoms with Crippen molar-refractivity contribution in [1.29, 1.82) is 0 Å². The van der Waals surface area contributed by atoms with Gasteiger partial charge in [-0.3, -0.25) is 9.97 Å². The maximum absolute atomic E-state index is 5.05. The molecule has 102 valence electrons. The van der Waals surface area contributed by atoms with Crippen molar-refractivity contribution in [2.45, 2.75) is 59.5 Å². The lowest BCUT2D eigenvalue weighted by atomic mass is 9.72. The number of hydrogen-bond acceptors (Lipinski definition) is 3. The quantitative estimate of drug-likeness (QED) is 0.771. The molecule has 0 aliphatic carbocycles. The lowest BCUT2D eigenvalue weighted by Gasteiger charge is -2.33. The molecule has 0 bridgehead atoms. The van der Waals surface area contributed by atoms with E-state index < -0.39 is 0 Å². The van der Waals surface area contributed by atoms with Crippen LogP contribution < -0.4 is 0 Å². The highest BCUT2D eigenvalue weighted by Gasteiger charge is 2.30. The molecule has 0 unspecified atom stereocenters. The van der Waals surface area contributed by atoms with Crippen molar-refractivity contribution in [2.24, 2.45) is 5.41 Å². The van der Waals surface area contributed by atoms with E-state index in [0.717, 1.165) is 17.8 Å². The first-order chi connectivity index (χ1) is 8.30. The average molecular weight is 250 g/mol. The van der Waals surface area contributed by atoms with Crippen molar-refractivity contribution in [3.05, 3.63) is 23.8 Å². The van der Waals surface area contributed by atoms with Gasteiger partial charge in [0, 0.05) is 18.7 Å². The van der Waals surface area contributed by atoms with Gasteiger partial charge in [-0.05, 0) is 11.8 Å². The Balaban J connectivity index is 2.84. The number of rotatable bonds is 6. The summed E-state index contributed by atoms with van der Waals surface area (Å²) in [5.74, 6) is 0. The van der Waals surface area contributed by atoms with Crippen molar-refractivity contribution in [1.82, 2.24) is 9.97 Å². The summed E-state index contributed by atoms with van der Waals surface area (Å²) in [6, 6.07) is 0. The minimum atomic E-state index is 0.0537. The molecule has 0 aliphatic rings. The van der Waals surface area contributed by atoms with Gasteiger partial charge in [0.2, 0.25) is 0 Å². The second kappa shape index (κ2) is 5.79. The Bertz CT molecular complexity index is 369. The van der Waals surface area contributed by atoms with Gasteiger partial charge in [0.1, 0.15) is 0 Å². The third kappa shape index (κ3) is 4.05. The van der Waals surface area contributed by atoms with Gasteiger partial charge >= 0.3 is 0 Å². The van der Waals surface area contributed by atoms with Crippen LogP contribution in [0.3, 0.4) is 0 Å².